The van der Waals surface area contributed by atoms with E-state index in [0.29, 0.717) is 5.88 Å². The molecule has 1 N–H and O–H groups in total. The molecule has 25 heavy (non-hydrogen) atoms. The molecule has 0 bridgehead atoms. The highest BCUT2D eigenvalue weighted by Gasteiger charge is 2.41. The summed E-state index contributed by atoms with van der Waals surface area (Å²) >= 11 is 0. The van der Waals surface area contributed by atoms with E-state index < -0.39 is 5.92 Å². The maximum absolute atomic E-state index is 9.62. The first-order valence-corrected chi connectivity index (χ1v) is 7.91. The van der Waals surface area contributed by atoms with E-state index in [9.17, 15) is 5.26 Å². The summed E-state index contributed by atoms with van der Waals surface area (Å²) in [5.74, 6) is -0.605. The molecule has 0 amide bonds. The van der Waals surface area contributed by atoms with Crippen LogP contribution in [0.4, 0.5) is 0 Å². The molecule has 2 atom stereocenters. The SMILES string of the molecule is Cc1nn(-c2ccccc2)c2c1C(c1cccnc1)C(C#N)C(=N)O2. The van der Waals surface area contributed by atoms with E-state index in [-0.39, 0.29) is 11.8 Å². The van der Waals surface area contributed by atoms with E-state index in [0.717, 1.165) is 22.5 Å². The standard InChI is InChI=1S/C19H15N5O/c1-12-16-17(13-6-5-9-22-11-13)15(10-20)18(21)25-19(16)24(23-12)14-7-3-2-4-8-14/h2-9,11,15,17,21H,1H3. The minimum atomic E-state index is -0.705. The summed E-state index contributed by atoms with van der Waals surface area (Å²) in [4.78, 5) is 4.17. The number of hydrogen-bond acceptors (Lipinski definition) is 5. The van der Waals surface area contributed by atoms with Gasteiger partial charge in [-0.25, -0.2) is 4.68 Å². The zero-order valence-electron chi connectivity index (χ0n) is 13.5. The fraction of sp³-hybridized carbons (Fsp3) is 0.158. The van der Waals surface area contributed by atoms with Crippen molar-refractivity contribution in [2.45, 2.75) is 12.8 Å². The highest BCUT2D eigenvalue weighted by atomic mass is 16.5. The summed E-state index contributed by atoms with van der Waals surface area (Å²) in [5, 5.41) is 22.4. The van der Waals surface area contributed by atoms with Gasteiger partial charge in [0.1, 0.15) is 5.92 Å². The zero-order chi connectivity index (χ0) is 17.4. The fourth-order valence-corrected chi connectivity index (χ4v) is 3.26. The molecule has 6 heteroatoms. The van der Waals surface area contributed by atoms with Crippen LogP contribution >= 0.6 is 0 Å². The van der Waals surface area contributed by atoms with Crippen LogP contribution in [0.25, 0.3) is 5.69 Å². The number of aryl methyl sites for hydroxylation is 1. The third kappa shape index (κ3) is 2.37. The number of benzene rings is 1. The largest absolute Gasteiger partial charge is 0.423 e. The smallest absolute Gasteiger partial charge is 0.228 e. The Balaban J connectivity index is 1.95. The van der Waals surface area contributed by atoms with Crippen LogP contribution in [-0.4, -0.2) is 20.7 Å². The van der Waals surface area contributed by atoms with Crippen molar-refractivity contribution in [3.05, 3.63) is 71.7 Å². The molecule has 0 fully saturated rings. The molecule has 1 aromatic carbocycles. The van der Waals surface area contributed by atoms with Gasteiger partial charge in [0.25, 0.3) is 0 Å². The first-order valence-electron chi connectivity index (χ1n) is 7.91. The quantitative estimate of drug-likeness (QED) is 0.782. The number of para-hydroxylation sites is 1. The average Bonchev–Trinajstić information content (AvgIpc) is 2.98. The number of aromatic nitrogens is 3. The fourth-order valence-electron chi connectivity index (χ4n) is 3.26. The molecule has 3 aromatic rings. The molecule has 2 unspecified atom stereocenters. The van der Waals surface area contributed by atoms with Gasteiger partial charge in [-0.15, -0.1) is 0 Å². The van der Waals surface area contributed by atoms with Gasteiger partial charge in [0.2, 0.25) is 11.8 Å². The highest BCUT2D eigenvalue weighted by Crippen LogP contribution is 2.44. The van der Waals surface area contributed by atoms with Crippen molar-refractivity contribution < 1.29 is 4.74 Å². The second-order valence-corrected chi connectivity index (χ2v) is 5.89. The zero-order valence-corrected chi connectivity index (χ0v) is 13.5. The van der Waals surface area contributed by atoms with Gasteiger partial charge in [0.05, 0.1) is 17.5 Å². The number of nitriles is 1. The predicted molar refractivity (Wildman–Crippen MR) is 91.8 cm³/mol. The average molecular weight is 329 g/mol. The van der Waals surface area contributed by atoms with Crippen LogP contribution in [0.15, 0.2) is 54.9 Å². The van der Waals surface area contributed by atoms with Crippen molar-refractivity contribution >= 4 is 5.90 Å². The third-order valence-electron chi connectivity index (χ3n) is 4.38. The summed E-state index contributed by atoms with van der Waals surface area (Å²) in [6, 6.07) is 15.6. The second-order valence-electron chi connectivity index (χ2n) is 5.89. The summed E-state index contributed by atoms with van der Waals surface area (Å²) < 4.78 is 7.42. The number of fused-ring (bicyclic) bond motifs is 1. The van der Waals surface area contributed by atoms with Crippen molar-refractivity contribution in [2.75, 3.05) is 0 Å². The molecule has 2 aromatic heterocycles. The molecule has 6 nitrogen and oxygen atoms in total. The number of nitrogens with zero attached hydrogens (tertiary/aromatic N) is 4. The van der Waals surface area contributed by atoms with Crippen LogP contribution < -0.4 is 4.74 Å². The molecule has 122 valence electrons. The summed E-state index contributed by atoms with van der Waals surface area (Å²) in [6.07, 6.45) is 3.42. The Morgan fingerprint density at radius 3 is 2.68 bits per heavy atom. The lowest BCUT2D eigenvalue weighted by molar-refractivity contribution is 0.423. The van der Waals surface area contributed by atoms with E-state index in [4.69, 9.17) is 10.1 Å². The third-order valence-corrected chi connectivity index (χ3v) is 4.38. The lowest BCUT2D eigenvalue weighted by atomic mass is 9.80. The first-order chi connectivity index (χ1) is 12.2. The van der Waals surface area contributed by atoms with E-state index in [1.807, 2.05) is 49.4 Å². The molecule has 3 heterocycles. The van der Waals surface area contributed by atoms with Crippen LogP contribution in [0.3, 0.4) is 0 Å². The highest BCUT2D eigenvalue weighted by molar-refractivity contribution is 5.85. The maximum Gasteiger partial charge on any atom is 0.228 e. The Labute approximate surface area is 144 Å². The Bertz CT molecular complexity index is 972. The monoisotopic (exact) mass is 329 g/mol. The Hall–Kier alpha value is -3.46. The van der Waals surface area contributed by atoms with Crippen LogP contribution in [0, 0.1) is 29.6 Å². The van der Waals surface area contributed by atoms with Gasteiger partial charge in [-0.05, 0) is 30.7 Å². The number of rotatable bonds is 2. The lowest BCUT2D eigenvalue weighted by Crippen LogP contribution is -2.31. The van der Waals surface area contributed by atoms with Gasteiger partial charge in [-0.3, -0.25) is 10.4 Å². The lowest BCUT2D eigenvalue weighted by Gasteiger charge is -2.28. The summed E-state index contributed by atoms with van der Waals surface area (Å²) in [7, 11) is 0. The second kappa shape index (κ2) is 5.87. The number of hydrogen-bond donors (Lipinski definition) is 1. The van der Waals surface area contributed by atoms with E-state index >= 15 is 0 Å². The van der Waals surface area contributed by atoms with Gasteiger partial charge in [-0.1, -0.05) is 24.3 Å². The van der Waals surface area contributed by atoms with Crippen LogP contribution in [0.2, 0.25) is 0 Å². The number of nitrogens with one attached hydrogen (secondary N) is 1. The van der Waals surface area contributed by atoms with E-state index in [1.54, 1.807) is 17.1 Å². The van der Waals surface area contributed by atoms with Crippen molar-refractivity contribution in [1.29, 1.82) is 10.7 Å². The molecular weight excluding hydrogens is 314 g/mol. The minimum Gasteiger partial charge on any atom is -0.423 e. The summed E-state index contributed by atoms with van der Waals surface area (Å²) in [6.45, 7) is 1.90. The van der Waals surface area contributed by atoms with Crippen molar-refractivity contribution in [1.82, 2.24) is 14.8 Å². The molecule has 1 aliphatic heterocycles. The van der Waals surface area contributed by atoms with Crippen LogP contribution in [-0.2, 0) is 0 Å². The Kier molecular flexibility index (Phi) is 3.55. The summed E-state index contributed by atoms with van der Waals surface area (Å²) in [5.41, 5.74) is 3.33. The van der Waals surface area contributed by atoms with Crippen LogP contribution in [0.1, 0.15) is 22.7 Å². The van der Waals surface area contributed by atoms with Crippen molar-refractivity contribution in [2.24, 2.45) is 5.92 Å². The molecular formula is C19H15N5O. The molecule has 0 radical (unpaired) electrons. The van der Waals surface area contributed by atoms with Crippen molar-refractivity contribution in [3.63, 3.8) is 0 Å². The van der Waals surface area contributed by atoms with E-state index in [1.165, 1.54) is 0 Å². The van der Waals surface area contributed by atoms with E-state index in [2.05, 4.69) is 16.2 Å². The van der Waals surface area contributed by atoms with Gasteiger partial charge < -0.3 is 4.74 Å². The normalized spacial score (nSPS) is 19.0. The first kappa shape index (κ1) is 15.1. The van der Waals surface area contributed by atoms with Crippen molar-refractivity contribution in [3.8, 4) is 17.6 Å². The van der Waals surface area contributed by atoms with Gasteiger partial charge in [0.15, 0.2) is 0 Å². The number of ether oxygens (including phenoxy) is 1. The number of pyridine rings is 1. The molecule has 4 rings (SSSR count). The van der Waals surface area contributed by atoms with Gasteiger partial charge in [0, 0.05) is 23.9 Å². The van der Waals surface area contributed by atoms with Gasteiger partial charge >= 0.3 is 0 Å². The maximum atomic E-state index is 9.62. The molecule has 1 aliphatic rings. The Morgan fingerprint density at radius 2 is 2.00 bits per heavy atom. The molecule has 0 spiro atoms. The molecule has 0 saturated carbocycles. The van der Waals surface area contributed by atoms with Crippen LogP contribution in [0.5, 0.6) is 5.88 Å². The minimum absolute atomic E-state index is 0.0686. The molecule has 0 aliphatic carbocycles. The Morgan fingerprint density at radius 1 is 1.20 bits per heavy atom. The molecule has 0 saturated heterocycles. The topological polar surface area (TPSA) is 87.6 Å². The predicted octanol–water partition coefficient (Wildman–Crippen LogP) is 3.22. The van der Waals surface area contributed by atoms with Gasteiger partial charge in [-0.2, -0.15) is 10.4 Å².